The molecule has 5 heteroatoms. The zero-order chi connectivity index (χ0) is 12.6. The van der Waals surface area contributed by atoms with Gasteiger partial charge in [-0.1, -0.05) is 0 Å². The maximum atomic E-state index is 5.58. The summed E-state index contributed by atoms with van der Waals surface area (Å²) in [6.45, 7) is 8.31. The molecule has 0 saturated heterocycles. The van der Waals surface area contributed by atoms with Gasteiger partial charge in [0.1, 0.15) is 5.69 Å². The Morgan fingerprint density at radius 2 is 1.76 bits per heavy atom. The first kappa shape index (κ1) is 11.6. The van der Waals surface area contributed by atoms with Crippen molar-refractivity contribution in [3.8, 4) is 11.5 Å². The third-order valence-corrected chi connectivity index (χ3v) is 2.82. The fourth-order valence-electron chi connectivity index (χ4n) is 1.78. The van der Waals surface area contributed by atoms with Crippen molar-refractivity contribution in [3.05, 3.63) is 23.7 Å². The fourth-order valence-corrected chi connectivity index (χ4v) is 1.78. The Balaban J connectivity index is 2.53. The molecule has 90 valence electrons. The summed E-state index contributed by atoms with van der Waals surface area (Å²) in [6.07, 6.45) is 3.21. The Kier molecular flexibility index (Phi) is 2.83. The highest BCUT2D eigenvalue weighted by Gasteiger charge is 2.15. The Hall–Kier alpha value is -1.91. The van der Waals surface area contributed by atoms with Gasteiger partial charge in [0, 0.05) is 17.3 Å². The van der Waals surface area contributed by atoms with Crippen molar-refractivity contribution in [2.45, 2.75) is 33.7 Å². The number of nitrogens with two attached hydrogens (primary N) is 1. The van der Waals surface area contributed by atoms with Crippen molar-refractivity contribution >= 4 is 5.69 Å². The Bertz CT molecular complexity index is 525. The van der Waals surface area contributed by atoms with Crippen LogP contribution in [0.5, 0.6) is 0 Å². The summed E-state index contributed by atoms with van der Waals surface area (Å²) >= 11 is 0. The average molecular weight is 231 g/mol. The van der Waals surface area contributed by atoms with Gasteiger partial charge in [-0.3, -0.25) is 4.68 Å². The molecule has 2 aromatic heterocycles. The Morgan fingerprint density at radius 3 is 2.24 bits per heavy atom. The van der Waals surface area contributed by atoms with E-state index in [9.17, 15) is 0 Å². The van der Waals surface area contributed by atoms with Crippen LogP contribution in [0.4, 0.5) is 5.69 Å². The lowest BCUT2D eigenvalue weighted by molar-refractivity contribution is 0.519. The standard InChI is InChI=1S/C12H17N5/c1-7(2)17-9(4)8(3)11(16-17)12-14-5-10(13)6-15-12/h5-7H,13H2,1-4H3. The van der Waals surface area contributed by atoms with E-state index >= 15 is 0 Å². The van der Waals surface area contributed by atoms with Crippen LogP contribution in [0, 0.1) is 13.8 Å². The van der Waals surface area contributed by atoms with E-state index in [1.807, 2.05) is 11.6 Å². The first-order chi connectivity index (χ1) is 8.00. The minimum atomic E-state index is 0.330. The largest absolute Gasteiger partial charge is 0.396 e. The number of hydrogen-bond acceptors (Lipinski definition) is 4. The highest BCUT2D eigenvalue weighted by atomic mass is 15.3. The molecule has 0 spiro atoms. The first-order valence-electron chi connectivity index (χ1n) is 5.64. The second-order valence-corrected chi connectivity index (χ2v) is 4.44. The van der Waals surface area contributed by atoms with E-state index in [0.717, 1.165) is 17.0 Å². The predicted molar refractivity (Wildman–Crippen MR) is 67.5 cm³/mol. The first-order valence-corrected chi connectivity index (χ1v) is 5.64. The topological polar surface area (TPSA) is 69.6 Å². The smallest absolute Gasteiger partial charge is 0.180 e. The highest BCUT2D eigenvalue weighted by molar-refractivity contribution is 5.56. The summed E-state index contributed by atoms with van der Waals surface area (Å²) in [6, 6.07) is 0.330. The Labute approximate surface area is 101 Å². The fraction of sp³-hybridized carbons (Fsp3) is 0.417. The summed E-state index contributed by atoms with van der Waals surface area (Å²) < 4.78 is 1.99. The van der Waals surface area contributed by atoms with Gasteiger partial charge < -0.3 is 5.73 Å². The quantitative estimate of drug-likeness (QED) is 0.859. The third-order valence-electron chi connectivity index (χ3n) is 2.82. The van der Waals surface area contributed by atoms with Crippen LogP contribution in [0.1, 0.15) is 31.1 Å². The molecule has 0 aliphatic rings. The van der Waals surface area contributed by atoms with Gasteiger partial charge in [0.15, 0.2) is 5.82 Å². The van der Waals surface area contributed by atoms with Crippen LogP contribution < -0.4 is 5.73 Å². The molecule has 0 bridgehead atoms. The maximum Gasteiger partial charge on any atom is 0.180 e. The lowest BCUT2D eigenvalue weighted by Gasteiger charge is -2.07. The van der Waals surface area contributed by atoms with Crippen molar-refractivity contribution < 1.29 is 0 Å². The molecule has 0 unspecified atom stereocenters. The van der Waals surface area contributed by atoms with E-state index in [1.165, 1.54) is 0 Å². The minimum absolute atomic E-state index is 0.330. The molecule has 2 rings (SSSR count). The zero-order valence-corrected chi connectivity index (χ0v) is 10.6. The van der Waals surface area contributed by atoms with E-state index in [4.69, 9.17) is 5.73 Å². The second kappa shape index (κ2) is 4.16. The van der Waals surface area contributed by atoms with Crippen LogP contribution in [0.3, 0.4) is 0 Å². The van der Waals surface area contributed by atoms with Gasteiger partial charge in [-0.2, -0.15) is 5.10 Å². The van der Waals surface area contributed by atoms with Crippen LogP contribution in [-0.4, -0.2) is 19.7 Å². The van der Waals surface area contributed by atoms with Gasteiger partial charge in [0.2, 0.25) is 0 Å². The molecule has 0 aliphatic carbocycles. The summed E-state index contributed by atoms with van der Waals surface area (Å²) in [4.78, 5) is 8.42. The predicted octanol–water partition coefficient (Wildman–Crippen LogP) is 2.12. The van der Waals surface area contributed by atoms with Gasteiger partial charge in [-0.25, -0.2) is 9.97 Å². The molecule has 0 aromatic carbocycles. The van der Waals surface area contributed by atoms with Crippen molar-refractivity contribution in [2.24, 2.45) is 0 Å². The number of rotatable bonds is 2. The minimum Gasteiger partial charge on any atom is -0.396 e. The van der Waals surface area contributed by atoms with E-state index < -0.39 is 0 Å². The van der Waals surface area contributed by atoms with E-state index in [0.29, 0.717) is 17.6 Å². The van der Waals surface area contributed by atoms with E-state index in [2.05, 4.69) is 35.8 Å². The molecule has 0 fully saturated rings. The second-order valence-electron chi connectivity index (χ2n) is 4.44. The summed E-state index contributed by atoms with van der Waals surface area (Å²) in [5, 5.41) is 4.56. The molecule has 0 amide bonds. The number of aromatic nitrogens is 4. The lowest BCUT2D eigenvalue weighted by Crippen LogP contribution is -2.05. The van der Waals surface area contributed by atoms with E-state index in [-0.39, 0.29) is 0 Å². The molecular weight excluding hydrogens is 214 g/mol. The number of nitrogen functional groups attached to an aromatic ring is 1. The van der Waals surface area contributed by atoms with Gasteiger partial charge in [-0.05, 0) is 27.7 Å². The molecule has 0 saturated carbocycles. The number of anilines is 1. The van der Waals surface area contributed by atoms with Gasteiger partial charge >= 0.3 is 0 Å². The monoisotopic (exact) mass is 231 g/mol. The molecule has 17 heavy (non-hydrogen) atoms. The summed E-state index contributed by atoms with van der Waals surface area (Å²) in [5.41, 5.74) is 9.23. The third kappa shape index (κ3) is 2.00. The Morgan fingerprint density at radius 1 is 1.18 bits per heavy atom. The molecule has 2 heterocycles. The lowest BCUT2D eigenvalue weighted by atomic mass is 10.2. The molecule has 2 N–H and O–H groups in total. The van der Waals surface area contributed by atoms with Crippen molar-refractivity contribution in [1.82, 2.24) is 19.7 Å². The van der Waals surface area contributed by atoms with Gasteiger partial charge in [-0.15, -0.1) is 0 Å². The highest BCUT2D eigenvalue weighted by Crippen LogP contribution is 2.23. The van der Waals surface area contributed by atoms with Crippen molar-refractivity contribution in [1.29, 1.82) is 0 Å². The summed E-state index contributed by atoms with van der Waals surface area (Å²) in [5.74, 6) is 0.624. The normalized spacial score (nSPS) is 11.1. The molecule has 2 aromatic rings. The SMILES string of the molecule is Cc1c(-c2ncc(N)cn2)nn(C(C)C)c1C. The maximum absolute atomic E-state index is 5.58. The molecule has 0 atom stereocenters. The average Bonchev–Trinajstić information content (AvgIpc) is 2.58. The zero-order valence-electron chi connectivity index (χ0n) is 10.6. The molecule has 0 radical (unpaired) electrons. The van der Waals surface area contributed by atoms with Crippen molar-refractivity contribution in [2.75, 3.05) is 5.73 Å². The van der Waals surface area contributed by atoms with Crippen LogP contribution in [0.25, 0.3) is 11.5 Å². The van der Waals surface area contributed by atoms with Crippen LogP contribution in [-0.2, 0) is 0 Å². The van der Waals surface area contributed by atoms with Crippen LogP contribution >= 0.6 is 0 Å². The number of hydrogen-bond donors (Lipinski definition) is 1. The number of nitrogens with zero attached hydrogens (tertiary/aromatic N) is 4. The van der Waals surface area contributed by atoms with Gasteiger partial charge in [0.05, 0.1) is 18.1 Å². The van der Waals surface area contributed by atoms with E-state index in [1.54, 1.807) is 12.4 Å². The molecular formula is C12H17N5. The van der Waals surface area contributed by atoms with Crippen molar-refractivity contribution in [3.63, 3.8) is 0 Å². The van der Waals surface area contributed by atoms with Crippen LogP contribution in [0.2, 0.25) is 0 Å². The molecule has 0 aliphatic heterocycles. The molecule has 5 nitrogen and oxygen atoms in total. The van der Waals surface area contributed by atoms with Crippen LogP contribution in [0.15, 0.2) is 12.4 Å². The summed E-state index contributed by atoms with van der Waals surface area (Å²) in [7, 11) is 0. The van der Waals surface area contributed by atoms with Gasteiger partial charge in [0.25, 0.3) is 0 Å².